The van der Waals surface area contributed by atoms with Crippen molar-refractivity contribution in [1.82, 2.24) is 4.90 Å². The Labute approximate surface area is 78.5 Å². The molecule has 0 atom stereocenters. The molecule has 0 heterocycles. The second-order valence-electron chi connectivity index (χ2n) is 3.18. The first kappa shape index (κ1) is 9.78. The van der Waals surface area contributed by atoms with Crippen LogP contribution in [0.25, 0.3) is 0 Å². The third kappa shape index (κ3) is 2.58. The van der Waals surface area contributed by atoms with E-state index in [9.17, 15) is 4.39 Å². The Morgan fingerprint density at radius 2 is 2.08 bits per heavy atom. The molecule has 0 aliphatic heterocycles. The molecule has 1 aromatic carbocycles. The van der Waals surface area contributed by atoms with E-state index >= 15 is 0 Å². The Bertz CT molecular complexity index is 307. The number of halogens is 1. The lowest BCUT2D eigenvalue weighted by Crippen LogP contribution is -2.15. The first-order chi connectivity index (χ1) is 6.11. The Kier molecular flexibility index (Phi) is 3.07. The number of nitrogens with zero attached hydrogens (tertiary/aromatic N) is 1. The number of rotatable bonds is 3. The molecule has 1 aromatic rings. The Balaban J connectivity index is 2.74. The third-order valence-corrected chi connectivity index (χ3v) is 2.02. The van der Waals surface area contributed by atoms with E-state index in [1.165, 1.54) is 6.07 Å². The van der Waals surface area contributed by atoms with Crippen LogP contribution in [-0.2, 0) is 6.54 Å². The van der Waals surface area contributed by atoms with Gasteiger partial charge in [-0.25, -0.2) is 4.39 Å². The van der Waals surface area contributed by atoms with Crippen molar-refractivity contribution >= 4 is 0 Å². The predicted molar refractivity (Wildman–Crippen MR) is 52.7 cm³/mol. The van der Waals surface area contributed by atoms with Crippen molar-refractivity contribution in [3.8, 4) is 0 Å². The number of hydrogen-bond acceptors (Lipinski definition) is 1. The van der Waals surface area contributed by atoms with Gasteiger partial charge in [0.25, 0.3) is 0 Å². The van der Waals surface area contributed by atoms with Gasteiger partial charge in [-0.1, -0.05) is 24.8 Å². The van der Waals surface area contributed by atoms with Crippen molar-refractivity contribution in [1.29, 1.82) is 0 Å². The van der Waals surface area contributed by atoms with Gasteiger partial charge in [-0.15, -0.1) is 0 Å². The van der Waals surface area contributed by atoms with Crippen molar-refractivity contribution in [3.05, 3.63) is 47.9 Å². The van der Waals surface area contributed by atoms with E-state index in [1.807, 2.05) is 24.9 Å². The summed E-state index contributed by atoms with van der Waals surface area (Å²) in [7, 11) is 1.90. The molecule has 70 valence electrons. The van der Waals surface area contributed by atoms with Crippen LogP contribution in [0.5, 0.6) is 0 Å². The van der Waals surface area contributed by atoms with E-state index in [1.54, 1.807) is 12.1 Å². The summed E-state index contributed by atoms with van der Waals surface area (Å²) < 4.78 is 13.2. The molecular formula is C11H14FN. The maximum atomic E-state index is 13.2. The Hall–Kier alpha value is -1.31. The summed E-state index contributed by atoms with van der Waals surface area (Å²) in [5.41, 5.74) is 1.64. The van der Waals surface area contributed by atoms with Crippen molar-refractivity contribution in [2.75, 3.05) is 7.05 Å². The molecule has 0 radical (unpaired) electrons. The fourth-order valence-corrected chi connectivity index (χ4v) is 1.02. The minimum atomic E-state index is -0.157. The van der Waals surface area contributed by atoms with E-state index in [4.69, 9.17) is 0 Å². The summed E-state index contributed by atoms with van der Waals surface area (Å²) in [5.74, 6) is -0.157. The highest BCUT2D eigenvalue weighted by Crippen LogP contribution is 2.10. The second-order valence-corrected chi connectivity index (χ2v) is 3.18. The number of allylic oxidation sites excluding steroid dienone is 1. The van der Waals surface area contributed by atoms with Gasteiger partial charge in [-0.2, -0.15) is 0 Å². The second kappa shape index (κ2) is 4.08. The smallest absolute Gasteiger partial charge is 0.128 e. The molecule has 1 rings (SSSR count). The SMILES string of the molecule is C=C(C)N(C)Cc1ccccc1F. The van der Waals surface area contributed by atoms with Gasteiger partial charge in [-0.3, -0.25) is 0 Å². The lowest BCUT2D eigenvalue weighted by molar-refractivity contribution is 0.404. The van der Waals surface area contributed by atoms with Gasteiger partial charge in [-0.05, 0) is 13.0 Å². The van der Waals surface area contributed by atoms with Gasteiger partial charge in [0.15, 0.2) is 0 Å². The molecule has 0 bridgehead atoms. The van der Waals surface area contributed by atoms with Crippen molar-refractivity contribution < 1.29 is 4.39 Å². The summed E-state index contributed by atoms with van der Waals surface area (Å²) in [6.45, 7) is 6.26. The molecule has 0 aromatic heterocycles. The standard InChI is InChI=1S/C11H14FN/c1-9(2)13(3)8-10-6-4-5-7-11(10)12/h4-7H,1,8H2,2-3H3. The topological polar surface area (TPSA) is 3.24 Å². The largest absolute Gasteiger partial charge is 0.374 e. The highest BCUT2D eigenvalue weighted by Gasteiger charge is 2.03. The normalized spacial score (nSPS) is 9.77. The maximum absolute atomic E-state index is 13.2. The summed E-state index contributed by atoms with van der Waals surface area (Å²) >= 11 is 0. The van der Waals surface area contributed by atoms with Crippen LogP contribution in [0.4, 0.5) is 4.39 Å². The van der Waals surface area contributed by atoms with Crippen molar-refractivity contribution in [2.45, 2.75) is 13.5 Å². The molecule has 0 fully saturated rings. The molecular weight excluding hydrogens is 165 g/mol. The quantitative estimate of drug-likeness (QED) is 0.689. The molecule has 1 nitrogen and oxygen atoms in total. The summed E-state index contributed by atoms with van der Waals surface area (Å²) in [5, 5.41) is 0. The molecule has 13 heavy (non-hydrogen) atoms. The average Bonchev–Trinajstić information content (AvgIpc) is 2.08. The lowest BCUT2D eigenvalue weighted by atomic mass is 10.2. The minimum Gasteiger partial charge on any atom is -0.374 e. The Morgan fingerprint density at radius 1 is 1.46 bits per heavy atom. The van der Waals surface area contributed by atoms with Gasteiger partial charge in [0.1, 0.15) is 5.82 Å². The van der Waals surface area contributed by atoms with E-state index in [2.05, 4.69) is 6.58 Å². The van der Waals surface area contributed by atoms with Crippen LogP contribution in [0.1, 0.15) is 12.5 Å². The number of hydrogen-bond donors (Lipinski definition) is 0. The fourth-order valence-electron chi connectivity index (χ4n) is 1.02. The highest BCUT2D eigenvalue weighted by molar-refractivity contribution is 5.17. The molecule has 0 amide bonds. The van der Waals surface area contributed by atoms with E-state index in [0.29, 0.717) is 12.1 Å². The van der Waals surface area contributed by atoms with Crippen LogP contribution in [0.15, 0.2) is 36.5 Å². The van der Waals surface area contributed by atoms with E-state index in [0.717, 1.165) is 5.70 Å². The Morgan fingerprint density at radius 3 is 2.62 bits per heavy atom. The first-order valence-electron chi connectivity index (χ1n) is 4.21. The van der Waals surface area contributed by atoms with Gasteiger partial charge in [0, 0.05) is 24.9 Å². The first-order valence-corrected chi connectivity index (χ1v) is 4.21. The fraction of sp³-hybridized carbons (Fsp3) is 0.273. The van der Waals surface area contributed by atoms with E-state index in [-0.39, 0.29) is 5.82 Å². The molecule has 0 N–H and O–H groups in total. The zero-order valence-corrected chi connectivity index (χ0v) is 8.05. The molecule has 0 spiro atoms. The van der Waals surface area contributed by atoms with Crippen LogP contribution in [0.2, 0.25) is 0 Å². The maximum Gasteiger partial charge on any atom is 0.128 e. The molecule has 0 unspecified atom stereocenters. The summed E-state index contributed by atoms with van der Waals surface area (Å²) in [4.78, 5) is 1.92. The van der Waals surface area contributed by atoms with Crippen LogP contribution in [-0.4, -0.2) is 11.9 Å². The van der Waals surface area contributed by atoms with Gasteiger partial charge >= 0.3 is 0 Å². The van der Waals surface area contributed by atoms with Crippen LogP contribution >= 0.6 is 0 Å². The third-order valence-electron chi connectivity index (χ3n) is 2.02. The molecule has 0 aliphatic carbocycles. The average molecular weight is 179 g/mol. The zero-order valence-electron chi connectivity index (χ0n) is 8.05. The summed E-state index contributed by atoms with van der Waals surface area (Å²) in [6, 6.07) is 6.79. The monoisotopic (exact) mass is 179 g/mol. The van der Waals surface area contributed by atoms with Crippen LogP contribution in [0, 0.1) is 5.82 Å². The van der Waals surface area contributed by atoms with Crippen LogP contribution in [0.3, 0.4) is 0 Å². The van der Waals surface area contributed by atoms with Gasteiger partial charge in [0.05, 0.1) is 0 Å². The minimum absolute atomic E-state index is 0.157. The van der Waals surface area contributed by atoms with Crippen LogP contribution < -0.4 is 0 Å². The van der Waals surface area contributed by atoms with Crippen molar-refractivity contribution in [2.24, 2.45) is 0 Å². The van der Waals surface area contributed by atoms with Crippen molar-refractivity contribution in [3.63, 3.8) is 0 Å². The van der Waals surface area contributed by atoms with E-state index < -0.39 is 0 Å². The predicted octanol–water partition coefficient (Wildman–Crippen LogP) is 2.79. The molecule has 0 saturated carbocycles. The molecule has 0 saturated heterocycles. The lowest BCUT2D eigenvalue weighted by Gasteiger charge is -2.18. The highest BCUT2D eigenvalue weighted by atomic mass is 19.1. The van der Waals surface area contributed by atoms with Gasteiger partial charge < -0.3 is 4.90 Å². The zero-order chi connectivity index (χ0) is 9.84. The molecule has 0 aliphatic rings. The molecule has 2 heteroatoms. The summed E-state index contributed by atoms with van der Waals surface area (Å²) in [6.07, 6.45) is 0. The number of benzene rings is 1. The van der Waals surface area contributed by atoms with Gasteiger partial charge in [0.2, 0.25) is 0 Å².